The first-order chi connectivity index (χ1) is 8.84. The van der Waals surface area contributed by atoms with E-state index in [0.717, 1.165) is 38.5 Å². The number of hydrogen-bond acceptors (Lipinski definition) is 3. The molecule has 1 saturated carbocycles. The van der Waals surface area contributed by atoms with Crippen LogP contribution in [0.3, 0.4) is 0 Å². The summed E-state index contributed by atoms with van der Waals surface area (Å²) in [5.74, 6) is 1.55. The van der Waals surface area contributed by atoms with Crippen molar-refractivity contribution in [3.05, 3.63) is 0 Å². The lowest BCUT2D eigenvalue weighted by atomic mass is 9.93. The molecule has 0 spiro atoms. The minimum Gasteiger partial charge on any atom is -0.378 e. The van der Waals surface area contributed by atoms with Crippen molar-refractivity contribution in [1.82, 2.24) is 10.6 Å². The van der Waals surface area contributed by atoms with E-state index in [9.17, 15) is 4.79 Å². The Labute approximate surface area is 109 Å². The first-order valence-electron chi connectivity index (χ1n) is 7.47. The van der Waals surface area contributed by atoms with Crippen LogP contribution in [0, 0.1) is 11.8 Å². The van der Waals surface area contributed by atoms with E-state index in [1.807, 2.05) is 0 Å². The zero-order chi connectivity index (χ0) is 12.4. The van der Waals surface area contributed by atoms with Gasteiger partial charge in [-0.1, -0.05) is 6.42 Å². The molecular formula is C14H24N2O2. The van der Waals surface area contributed by atoms with Crippen molar-refractivity contribution < 1.29 is 9.53 Å². The standard InChI is InChI=1S/C14H24N2O2/c17-14(15-7-6-11-4-2-8-18-11)13-12-5-1-3-10(12)9-16-13/h10-13,16H,1-9H2,(H,15,17). The third-order valence-electron chi connectivity index (χ3n) is 4.82. The molecule has 0 aromatic heterocycles. The first kappa shape index (κ1) is 12.4. The molecule has 3 rings (SSSR count). The molecule has 0 aromatic rings. The Morgan fingerprint density at radius 3 is 3.06 bits per heavy atom. The Hall–Kier alpha value is -0.610. The quantitative estimate of drug-likeness (QED) is 0.786. The van der Waals surface area contributed by atoms with E-state index < -0.39 is 0 Å². The van der Waals surface area contributed by atoms with Gasteiger partial charge in [0.15, 0.2) is 0 Å². The monoisotopic (exact) mass is 252 g/mol. The summed E-state index contributed by atoms with van der Waals surface area (Å²) in [5.41, 5.74) is 0. The molecule has 3 fully saturated rings. The van der Waals surface area contributed by atoms with Gasteiger partial charge in [0, 0.05) is 13.2 Å². The van der Waals surface area contributed by atoms with Crippen molar-refractivity contribution >= 4 is 5.91 Å². The Morgan fingerprint density at radius 1 is 1.28 bits per heavy atom. The maximum Gasteiger partial charge on any atom is 0.237 e. The van der Waals surface area contributed by atoms with Crippen molar-refractivity contribution in [2.24, 2.45) is 11.8 Å². The predicted molar refractivity (Wildman–Crippen MR) is 69.2 cm³/mol. The highest BCUT2D eigenvalue weighted by Crippen LogP contribution is 2.37. The van der Waals surface area contributed by atoms with E-state index in [-0.39, 0.29) is 11.9 Å². The molecule has 2 N–H and O–H groups in total. The normalized spacial score (nSPS) is 38.9. The average Bonchev–Trinajstić information content (AvgIpc) is 3.05. The number of amides is 1. The number of rotatable bonds is 4. The average molecular weight is 252 g/mol. The molecule has 4 atom stereocenters. The number of carbonyl (C=O) groups is 1. The van der Waals surface area contributed by atoms with E-state index in [0.29, 0.717) is 12.0 Å². The molecule has 0 radical (unpaired) electrons. The zero-order valence-corrected chi connectivity index (χ0v) is 11.0. The van der Waals surface area contributed by atoms with Crippen LogP contribution in [0.5, 0.6) is 0 Å². The summed E-state index contributed by atoms with van der Waals surface area (Å²) in [6.45, 7) is 2.69. The van der Waals surface area contributed by atoms with Crippen LogP contribution in [0.1, 0.15) is 38.5 Å². The number of hydrogen-bond donors (Lipinski definition) is 2. The van der Waals surface area contributed by atoms with Gasteiger partial charge in [0.2, 0.25) is 5.91 Å². The molecule has 2 saturated heterocycles. The van der Waals surface area contributed by atoms with Crippen molar-refractivity contribution in [2.45, 2.75) is 50.7 Å². The molecule has 0 bridgehead atoms. The van der Waals surface area contributed by atoms with Crippen LogP contribution >= 0.6 is 0 Å². The fourth-order valence-electron chi connectivity index (χ4n) is 3.81. The number of fused-ring (bicyclic) bond motifs is 1. The summed E-state index contributed by atoms with van der Waals surface area (Å²) in [4.78, 5) is 12.1. The summed E-state index contributed by atoms with van der Waals surface area (Å²) in [6.07, 6.45) is 7.50. The highest BCUT2D eigenvalue weighted by molar-refractivity contribution is 5.82. The molecule has 4 unspecified atom stereocenters. The molecule has 0 aromatic carbocycles. The SMILES string of the molecule is O=C(NCCC1CCCO1)C1NCC2CCCC21. The van der Waals surface area contributed by atoms with Gasteiger partial charge in [-0.2, -0.15) is 0 Å². The summed E-state index contributed by atoms with van der Waals surface area (Å²) in [7, 11) is 0. The topological polar surface area (TPSA) is 50.4 Å². The third kappa shape index (κ3) is 2.54. The van der Waals surface area contributed by atoms with Crippen LogP contribution in [0.15, 0.2) is 0 Å². The molecule has 3 aliphatic rings. The Bertz CT molecular complexity index is 302. The number of nitrogens with one attached hydrogen (secondary N) is 2. The second-order valence-electron chi connectivity index (χ2n) is 5.96. The highest BCUT2D eigenvalue weighted by Gasteiger charge is 2.42. The summed E-state index contributed by atoms with van der Waals surface area (Å²) >= 11 is 0. The van der Waals surface area contributed by atoms with E-state index in [4.69, 9.17) is 4.74 Å². The van der Waals surface area contributed by atoms with Gasteiger partial charge in [0.1, 0.15) is 0 Å². The summed E-state index contributed by atoms with van der Waals surface area (Å²) in [6, 6.07) is 0.0713. The van der Waals surface area contributed by atoms with Gasteiger partial charge in [-0.05, 0) is 50.5 Å². The van der Waals surface area contributed by atoms with Crippen molar-refractivity contribution in [3.8, 4) is 0 Å². The van der Waals surface area contributed by atoms with Crippen LogP contribution in [-0.4, -0.2) is 37.7 Å². The largest absolute Gasteiger partial charge is 0.378 e. The smallest absolute Gasteiger partial charge is 0.237 e. The van der Waals surface area contributed by atoms with E-state index >= 15 is 0 Å². The van der Waals surface area contributed by atoms with Crippen LogP contribution in [0.4, 0.5) is 0 Å². The van der Waals surface area contributed by atoms with E-state index in [1.54, 1.807) is 0 Å². The molecule has 102 valence electrons. The first-order valence-corrected chi connectivity index (χ1v) is 7.47. The van der Waals surface area contributed by atoms with Gasteiger partial charge in [0.25, 0.3) is 0 Å². The van der Waals surface area contributed by atoms with Gasteiger partial charge in [-0.3, -0.25) is 4.79 Å². The molecule has 18 heavy (non-hydrogen) atoms. The van der Waals surface area contributed by atoms with Crippen molar-refractivity contribution in [2.75, 3.05) is 19.7 Å². The minimum atomic E-state index is 0.0713. The van der Waals surface area contributed by atoms with E-state index in [2.05, 4.69) is 10.6 Å². The van der Waals surface area contributed by atoms with Gasteiger partial charge >= 0.3 is 0 Å². The van der Waals surface area contributed by atoms with Crippen molar-refractivity contribution in [3.63, 3.8) is 0 Å². The second-order valence-corrected chi connectivity index (χ2v) is 5.96. The lowest BCUT2D eigenvalue weighted by molar-refractivity contribution is -0.123. The summed E-state index contributed by atoms with van der Waals surface area (Å²) < 4.78 is 5.56. The summed E-state index contributed by atoms with van der Waals surface area (Å²) in [5, 5.41) is 6.48. The predicted octanol–water partition coefficient (Wildman–Crippen LogP) is 1.06. The Kier molecular flexibility index (Phi) is 3.85. The van der Waals surface area contributed by atoms with E-state index in [1.165, 1.54) is 25.7 Å². The number of ether oxygens (including phenoxy) is 1. The fraction of sp³-hybridized carbons (Fsp3) is 0.929. The van der Waals surface area contributed by atoms with Gasteiger partial charge < -0.3 is 15.4 Å². The van der Waals surface area contributed by atoms with Gasteiger partial charge in [0.05, 0.1) is 12.1 Å². The van der Waals surface area contributed by atoms with Crippen LogP contribution in [0.25, 0.3) is 0 Å². The third-order valence-corrected chi connectivity index (χ3v) is 4.82. The minimum absolute atomic E-state index is 0.0713. The highest BCUT2D eigenvalue weighted by atomic mass is 16.5. The molecule has 1 amide bonds. The van der Waals surface area contributed by atoms with Crippen LogP contribution in [-0.2, 0) is 9.53 Å². The lowest BCUT2D eigenvalue weighted by Crippen LogP contribution is -2.44. The molecule has 4 nitrogen and oxygen atoms in total. The molecule has 2 heterocycles. The second kappa shape index (κ2) is 5.57. The van der Waals surface area contributed by atoms with Crippen molar-refractivity contribution in [1.29, 1.82) is 0 Å². The maximum absolute atomic E-state index is 12.1. The molecule has 2 aliphatic heterocycles. The van der Waals surface area contributed by atoms with Gasteiger partial charge in [-0.15, -0.1) is 0 Å². The number of carbonyl (C=O) groups excluding carboxylic acids is 1. The molecular weight excluding hydrogens is 228 g/mol. The Balaban J connectivity index is 1.41. The lowest BCUT2D eigenvalue weighted by Gasteiger charge is -2.18. The zero-order valence-electron chi connectivity index (χ0n) is 11.0. The molecule has 1 aliphatic carbocycles. The van der Waals surface area contributed by atoms with Gasteiger partial charge in [-0.25, -0.2) is 0 Å². The van der Waals surface area contributed by atoms with Crippen LogP contribution in [0.2, 0.25) is 0 Å². The Morgan fingerprint density at radius 2 is 2.22 bits per heavy atom. The maximum atomic E-state index is 12.1. The fourth-order valence-corrected chi connectivity index (χ4v) is 3.81. The molecule has 4 heteroatoms. The van der Waals surface area contributed by atoms with Crippen LogP contribution < -0.4 is 10.6 Å².